The Bertz CT molecular complexity index is 509. The summed E-state index contributed by atoms with van der Waals surface area (Å²) in [6.07, 6.45) is 0. The Morgan fingerprint density at radius 2 is 1.47 bits per heavy atom. The summed E-state index contributed by atoms with van der Waals surface area (Å²) in [5, 5.41) is 9.21. The second-order valence-electron chi connectivity index (χ2n) is 3.53. The molecule has 0 aliphatic carbocycles. The van der Waals surface area contributed by atoms with Crippen molar-refractivity contribution in [3.05, 3.63) is 54.6 Å². The van der Waals surface area contributed by atoms with E-state index in [0.717, 1.165) is 0 Å². The van der Waals surface area contributed by atoms with E-state index in [1.165, 1.54) is 17.0 Å². The van der Waals surface area contributed by atoms with Crippen LogP contribution in [-0.4, -0.2) is 11.1 Å². The molecular weight excluding hydrogens is 216 g/mol. The molecule has 0 aliphatic rings. The van der Waals surface area contributed by atoms with Crippen molar-refractivity contribution in [2.75, 3.05) is 4.90 Å². The average molecular weight is 228 g/mol. The lowest BCUT2D eigenvalue weighted by Crippen LogP contribution is -2.31. The highest BCUT2D eigenvalue weighted by atomic mass is 16.3. The number of carbonyl (C=O) groups excluding carboxylic acids is 1. The van der Waals surface area contributed by atoms with E-state index < -0.39 is 6.03 Å². The van der Waals surface area contributed by atoms with Crippen LogP contribution >= 0.6 is 0 Å². The van der Waals surface area contributed by atoms with Gasteiger partial charge >= 0.3 is 6.03 Å². The monoisotopic (exact) mass is 228 g/mol. The van der Waals surface area contributed by atoms with Crippen molar-refractivity contribution in [2.45, 2.75) is 0 Å². The van der Waals surface area contributed by atoms with Gasteiger partial charge in [0.2, 0.25) is 0 Å². The third-order valence-electron chi connectivity index (χ3n) is 2.34. The van der Waals surface area contributed by atoms with Crippen molar-refractivity contribution in [1.82, 2.24) is 0 Å². The van der Waals surface area contributed by atoms with E-state index in [1.807, 2.05) is 18.2 Å². The molecule has 4 heteroatoms. The SMILES string of the molecule is NC(=O)N(c1ccccc1)c1ccc(O)cc1. The number of phenols is 1. The van der Waals surface area contributed by atoms with E-state index >= 15 is 0 Å². The molecule has 3 N–H and O–H groups in total. The van der Waals surface area contributed by atoms with Crippen LogP contribution in [0.4, 0.5) is 16.2 Å². The molecule has 2 rings (SSSR count). The molecule has 0 aliphatic heterocycles. The molecule has 86 valence electrons. The van der Waals surface area contributed by atoms with Crippen LogP contribution in [0.3, 0.4) is 0 Å². The first-order chi connectivity index (χ1) is 8.18. The third kappa shape index (κ3) is 2.36. The molecular formula is C13H12N2O2. The predicted molar refractivity (Wildman–Crippen MR) is 66.3 cm³/mol. The Morgan fingerprint density at radius 1 is 0.941 bits per heavy atom. The van der Waals surface area contributed by atoms with Crippen molar-refractivity contribution >= 4 is 17.4 Å². The fourth-order valence-corrected chi connectivity index (χ4v) is 1.58. The minimum Gasteiger partial charge on any atom is -0.508 e. The van der Waals surface area contributed by atoms with Gasteiger partial charge in [0.15, 0.2) is 0 Å². The van der Waals surface area contributed by atoms with Crippen molar-refractivity contribution in [3.63, 3.8) is 0 Å². The summed E-state index contributed by atoms with van der Waals surface area (Å²) < 4.78 is 0. The Morgan fingerprint density at radius 3 is 2.00 bits per heavy atom. The molecule has 0 radical (unpaired) electrons. The summed E-state index contributed by atoms with van der Waals surface area (Å²) in [6, 6.07) is 14.8. The van der Waals surface area contributed by atoms with Gasteiger partial charge in [0.05, 0.1) is 11.4 Å². The number of hydrogen-bond donors (Lipinski definition) is 2. The zero-order valence-electron chi connectivity index (χ0n) is 9.08. The van der Waals surface area contributed by atoms with Gasteiger partial charge in [-0.25, -0.2) is 4.79 Å². The van der Waals surface area contributed by atoms with E-state index in [-0.39, 0.29) is 5.75 Å². The summed E-state index contributed by atoms with van der Waals surface area (Å²) in [4.78, 5) is 12.8. The highest BCUT2D eigenvalue weighted by Gasteiger charge is 2.14. The number of para-hydroxylation sites is 1. The van der Waals surface area contributed by atoms with Crippen LogP contribution in [0.25, 0.3) is 0 Å². The molecule has 2 aromatic rings. The van der Waals surface area contributed by atoms with Crippen LogP contribution in [0.1, 0.15) is 0 Å². The van der Waals surface area contributed by atoms with Gasteiger partial charge in [-0.3, -0.25) is 4.90 Å². The number of phenolic OH excluding ortho intramolecular Hbond substituents is 1. The number of rotatable bonds is 2. The van der Waals surface area contributed by atoms with Gasteiger partial charge in [0.1, 0.15) is 5.75 Å². The molecule has 17 heavy (non-hydrogen) atoms. The number of anilines is 2. The number of urea groups is 1. The van der Waals surface area contributed by atoms with Crippen LogP contribution < -0.4 is 10.6 Å². The smallest absolute Gasteiger partial charge is 0.323 e. The molecule has 0 atom stereocenters. The number of hydrogen-bond acceptors (Lipinski definition) is 2. The normalized spacial score (nSPS) is 9.88. The fraction of sp³-hybridized carbons (Fsp3) is 0. The van der Waals surface area contributed by atoms with Gasteiger partial charge in [0, 0.05) is 0 Å². The molecule has 2 aromatic carbocycles. The third-order valence-corrected chi connectivity index (χ3v) is 2.34. The van der Waals surface area contributed by atoms with Crippen molar-refractivity contribution in [2.24, 2.45) is 5.73 Å². The lowest BCUT2D eigenvalue weighted by atomic mass is 10.2. The van der Waals surface area contributed by atoms with Gasteiger partial charge < -0.3 is 10.8 Å². The minimum absolute atomic E-state index is 0.145. The minimum atomic E-state index is -0.568. The van der Waals surface area contributed by atoms with E-state index in [1.54, 1.807) is 24.3 Å². The number of nitrogens with two attached hydrogens (primary N) is 1. The maximum Gasteiger partial charge on any atom is 0.323 e. The van der Waals surface area contributed by atoms with Crippen molar-refractivity contribution < 1.29 is 9.90 Å². The molecule has 2 amide bonds. The molecule has 0 spiro atoms. The predicted octanol–water partition coefficient (Wildman–Crippen LogP) is 2.61. The second kappa shape index (κ2) is 4.57. The lowest BCUT2D eigenvalue weighted by Gasteiger charge is -2.20. The number of primary amides is 1. The maximum absolute atomic E-state index is 11.5. The van der Waals surface area contributed by atoms with Crippen molar-refractivity contribution in [1.29, 1.82) is 0 Å². The summed E-state index contributed by atoms with van der Waals surface area (Å²) in [7, 11) is 0. The first-order valence-corrected chi connectivity index (χ1v) is 5.12. The number of amides is 2. The number of carbonyl (C=O) groups is 1. The van der Waals surface area contributed by atoms with Crippen molar-refractivity contribution in [3.8, 4) is 5.75 Å². The molecule has 0 unspecified atom stereocenters. The van der Waals surface area contributed by atoms with Crippen LogP contribution in [-0.2, 0) is 0 Å². The molecule has 0 saturated carbocycles. The highest BCUT2D eigenvalue weighted by molar-refractivity contribution is 5.98. The number of aromatic hydroxyl groups is 1. The largest absolute Gasteiger partial charge is 0.508 e. The second-order valence-corrected chi connectivity index (χ2v) is 3.53. The molecule has 4 nitrogen and oxygen atoms in total. The quantitative estimate of drug-likeness (QED) is 0.829. The average Bonchev–Trinajstić information content (AvgIpc) is 2.33. The van der Waals surface area contributed by atoms with Crippen LogP contribution in [0.5, 0.6) is 5.75 Å². The van der Waals surface area contributed by atoms with E-state index in [2.05, 4.69) is 0 Å². The van der Waals surface area contributed by atoms with Gasteiger partial charge in [0.25, 0.3) is 0 Å². The van der Waals surface area contributed by atoms with E-state index in [0.29, 0.717) is 11.4 Å². The Hall–Kier alpha value is -2.49. The summed E-state index contributed by atoms with van der Waals surface area (Å²) in [5.74, 6) is 0.145. The Labute approximate surface area is 98.9 Å². The van der Waals surface area contributed by atoms with E-state index in [9.17, 15) is 9.90 Å². The summed E-state index contributed by atoms with van der Waals surface area (Å²) in [5.41, 5.74) is 6.66. The topological polar surface area (TPSA) is 66.6 Å². The van der Waals surface area contributed by atoms with Crippen LogP contribution in [0.15, 0.2) is 54.6 Å². The van der Waals surface area contributed by atoms with E-state index in [4.69, 9.17) is 5.73 Å². The number of nitrogens with zero attached hydrogens (tertiary/aromatic N) is 1. The van der Waals surface area contributed by atoms with Crippen LogP contribution in [0, 0.1) is 0 Å². The molecule has 0 saturated heterocycles. The van der Waals surface area contributed by atoms with Gasteiger partial charge in [-0.15, -0.1) is 0 Å². The zero-order valence-corrected chi connectivity index (χ0v) is 9.08. The van der Waals surface area contributed by atoms with Gasteiger partial charge in [-0.1, -0.05) is 18.2 Å². The lowest BCUT2D eigenvalue weighted by molar-refractivity contribution is 0.256. The fourth-order valence-electron chi connectivity index (χ4n) is 1.58. The Kier molecular flexibility index (Phi) is 2.96. The first kappa shape index (κ1) is 11.0. The standard InChI is InChI=1S/C13H12N2O2/c14-13(17)15(10-4-2-1-3-5-10)11-6-8-12(16)9-7-11/h1-9,16H,(H2,14,17). The molecule has 0 fully saturated rings. The van der Waals surface area contributed by atoms with Crippen LogP contribution in [0.2, 0.25) is 0 Å². The Balaban J connectivity index is 2.43. The summed E-state index contributed by atoms with van der Waals surface area (Å²) >= 11 is 0. The highest BCUT2D eigenvalue weighted by Crippen LogP contribution is 2.26. The molecule has 0 aromatic heterocycles. The summed E-state index contributed by atoms with van der Waals surface area (Å²) in [6.45, 7) is 0. The molecule has 0 heterocycles. The van der Waals surface area contributed by atoms with Gasteiger partial charge in [-0.05, 0) is 36.4 Å². The van der Waals surface area contributed by atoms with Gasteiger partial charge in [-0.2, -0.15) is 0 Å². The number of benzene rings is 2. The zero-order chi connectivity index (χ0) is 12.3. The maximum atomic E-state index is 11.5. The first-order valence-electron chi connectivity index (χ1n) is 5.12. The molecule has 0 bridgehead atoms.